The summed E-state index contributed by atoms with van der Waals surface area (Å²) in [6.45, 7) is 3.87. The number of aliphatic imine (C=N–C) groups is 1. The second-order valence-electron chi connectivity index (χ2n) is 4.85. The van der Waals surface area contributed by atoms with Crippen LogP contribution in [0.4, 0.5) is 5.00 Å². The van der Waals surface area contributed by atoms with Crippen LogP contribution in [-0.2, 0) is 4.79 Å². The molecule has 2 heterocycles. The molecule has 0 spiro atoms. The van der Waals surface area contributed by atoms with E-state index in [1.165, 1.54) is 0 Å². The molecule has 1 amide bonds. The number of nitrogens with one attached hydrogen (secondary N) is 1. The Balaban J connectivity index is 2.24. The van der Waals surface area contributed by atoms with Crippen molar-refractivity contribution in [3.63, 3.8) is 0 Å². The highest BCUT2D eigenvalue weighted by atomic mass is 127. The number of benzene rings is 1. The van der Waals surface area contributed by atoms with Crippen LogP contribution in [0.1, 0.15) is 23.6 Å². The first-order valence-corrected chi connectivity index (χ1v) is 8.68. The number of halogens is 2. The van der Waals surface area contributed by atoms with Gasteiger partial charge >= 0.3 is 0 Å². The van der Waals surface area contributed by atoms with E-state index in [1.807, 2.05) is 31.2 Å². The van der Waals surface area contributed by atoms with E-state index in [0.29, 0.717) is 5.02 Å². The Bertz CT molecular complexity index is 752. The van der Waals surface area contributed by atoms with Gasteiger partial charge in [-0.25, -0.2) is 0 Å². The first kappa shape index (κ1) is 15.0. The molecule has 6 heteroatoms. The maximum Gasteiger partial charge on any atom is 0.249 e. The molecule has 1 aliphatic rings. The van der Waals surface area contributed by atoms with E-state index in [4.69, 9.17) is 11.6 Å². The Hall–Kier alpha value is -0.920. The largest absolute Gasteiger partial charge is 0.315 e. The Morgan fingerprint density at radius 1 is 1.33 bits per heavy atom. The predicted molar refractivity (Wildman–Crippen MR) is 97.0 cm³/mol. The Kier molecular flexibility index (Phi) is 4.07. The molecule has 0 saturated heterocycles. The summed E-state index contributed by atoms with van der Waals surface area (Å²) in [5, 5.41) is 4.54. The van der Waals surface area contributed by atoms with Crippen molar-refractivity contribution < 1.29 is 4.79 Å². The van der Waals surface area contributed by atoms with Crippen molar-refractivity contribution in [3.8, 4) is 0 Å². The predicted octanol–water partition coefficient (Wildman–Crippen LogP) is 4.49. The van der Waals surface area contributed by atoms with Crippen LogP contribution in [0.25, 0.3) is 0 Å². The maximum absolute atomic E-state index is 12.1. The highest BCUT2D eigenvalue weighted by Gasteiger charge is 2.27. The highest BCUT2D eigenvalue weighted by Crippen LogP contribution is 2.37. The summed E-state index contributed by atoms with van der Waals surface area (Å²) >= 11 is 9.85. The van der Waals surface area contributed by atoms with E-state index in [0.717, 1.165) is 30.3 Å². The van der Waals surface area contributed by atoms with Crippen LogP contribution in [0.3, 0.4) is 0 Å². The molecule has 2 aromatic rings. The molecule has 0 saturated carbocycles. The summed E-state index contributed by atoms with van der Waals surface area (Å²) in [7, 11) is 0. The van der Waals surface area contributed by atoms with Gasteiger partial charge in [0.05, 0.1) is 8.60 Å². The second kappa shape index (κ2) is 5.70. The average molecular weight is 431 g/mol. The molecular formula is C15H12ClIN2OS. The molecule has 1 atom stereocenters. The molecule has 1 N–H and O–H groups in total. The summed E-state index contributed by atoms with van der Waals surface area (Å²) in [5.74, 6) is -0.0714. The number of fused-ring (bicyclic) bond motifs is 1. The fourth-order valence-electron chi connectivity index (χ4n) is 2.22. The molecule has 108 valence electrons. The van der Waals surface area contributed by atoms with Crippen LogP contribution in [0.2, 0.25) is 5.02 Å². The lowest BCUT2D eigenvalue weighted by molar-refractivity contribution is -0.116. The van der Waals surface area contributed by atoms with Gasteiger partial charge in [-0.3, -0.25) is 9.79 Å². The van der Waals surface area contributed by atoms with Crippen LogP contribution in [0, 0.1) is 9.81 Å². The maximum atomic E-state index is 12.1. The third kappa shape index (κ3) is 2.74. The van der Waals surface area contributed by atoms with E-state index in [-0.39, 0.29) is 5.91 Å². The minimum absolute atomic E-state index is 0.0714. The Labute approximate surface area is 145 Å². The third-order valence-corrected chi connectivity index (χ3v) is 6.10. The minimum Gasteiger partial charge on any atom is -0.315 e. The zero-order valence-corrected chi connectivity index (χ0v) is 15.1. The lowest BCUT2D eigenvalue weighted by atomic mass is 10.0. The molecule has 1 aromatic carbocycles. The number of hydrogen-bond acceptors (Lipinski definition) is 3. The lowest BCUT2D eigenvalue weighted by Crippen LogP contribution is -2.21. The standard InChI is InChI=1S/C15H12ClIN2OS/c1-7-11-12(9-3-5-10(16)6-4-9)18-8(2)14(20)19-15(11)21-13(7)17/h3-6,8H,1-2H3,(H,19,20). The number of carbonyl (C=O) groups is 1. The van der Waals surface area contributed by atoms with E-state index in [1.54, 1.807) is 11.3 Å². The number of amides is 1. The number of anilines is 1. The molecule has 3 rings (SSSR count). The van der Waals surface area contributed by atoms with E-state index >= 15 is 0 Å². The Morgan fingerprint density at radius 2 is 2.00 bits per heavy atom. The number of hydrogen-bond donors (Lipinski definition) is 1. The molecule has 1 aliphatic heterocycles. The summed E-state index contributed by atoms with van der Waals surface area (Å²) in [5.41, 5.74) is 3.99. The number of thiophene rings is 1. The minimum atomic E-state index is -0.410. The van der Waals surface area contributed by atoms with Gasteiger partial charge in [0.2, 0.25) is 5.91 Å². The molecule has 1 aromatic heterocycles. The van der Waals surface area contributed by atoms with Crippen LogP contribution in [-0.4, -0.2) is 17.7 Å². The van der Waals surface area contributed by atoms with Gasteiger partial charge < -0.3 is 5.32 Å². The molecule has 21 heavy (non-hydrogen) atoms. The van der Waals surface area contributed by atoms with E-state index in [9.17, 15) is 4.79 Å². The molecule has 0 aliphatic carbocycles. The van der Waals surface area contributed by atoms with Crippen LogP contribution < -0.4 is 5.32 Å². The molecule has 3 nitrogen and oxygen atoms in total. The Morgan fingerprint density at radius 3 is 2.67 bits per heavy atom. The first-order chi connectivity index (χ1) is 9.97. The van der Waals surface area contributed by atoms with Crippen LogP contribution >= 0.6 is 45.5 Å². The van der Waals surface area contributed by atoms with Crippen molar-refractivity contribution in [2.75, 3.05) is 5.32 Å². The highest BCUT2D eigenvalue weighted by molar-refractivity contribution is 14.1. The van der Waals surface area contributed by atoms with Gasteiger partial charge in [0.15, 0.2) is 0 Å². The molecule has 1 unspecified atom stereocenters. The smallest absolute Gasteiger partial charge is 0.249 e. The van der Waals surface area contributed by atoms with Crippen LogP contribution in [0.15, 0.2) is 29.3 Å². The number of carbonyl (C=O) groups excluding carboxylic acids is 1. The summed E-state index contributed by atoms with van der Waals surface area (Å²) in [6, 6.07) is 7.16. The number of nitrogens with zero attached hydrogens (tertiary/aromatic N) is 1. The van der Waals surface area contributed by atoms with Crippen molar-refractivity contribution >= 4 is 62.1 Å². The SMILES string of the molecule is Cc1c(I)sc2c1C(c1ccc(Cl)cc1)=NC(C)C(=O)N2. The summed E-state index contributed by atoms with van der Waals surface area (Å²) < 4.78 is 1.16. The van der Waals surface area contributed by atoms with Crippen molar-refractivity contribution in [2.45, 2.75) is 19.9 Å². The van der Waals surface area contributed by atoms with Crippen molar-refractivity contribution in [2.24, 2.45) is 4.99 Å². The van der Waals surface area contributed by atoms with Gasteiger partial charge in [0, 0.05) is 16.1 Å². The van der Waals surface area contributed by atoms with Crippen LogP contribution in [0.5, 0.6) is 0 Å². The molecule has 0 fully saturated rings. The van der Waals surface area contributed by atoms with Gasteiger partial charge in [0.25, 0.3) is 0 Å². The number of rotatable bonds is 1. The normalized spacial score (nSPS) is 17.8. The quantitative estimate of drug-likeness (QED) is 0.665. The third-order valence-electron chi connectivity index (χ3n) is 3.38. The van der Waals surface area contributed by atoms with Gasteiger partial charge in [-0.1, -0.05) is 23.7 Å². The fraction of sp³-hybridized carbons (Fsp3) is 0.200. The lowest BCUT2D eigenvalue weighted by Gasteiger charge is -2.08. The monoisotopic (exact) mass is 430 g/mol. The van der Waals surface area contributed by atoms with Gasteiger partial charge in [-0.05, 0) is 54.1 Å². The molecule has 0 radical (unpaired) electrons. The summed E-state index contributed by atoms with van der Waals surface area (Å²) in [4.78, 5) is 16.7. The molecular weight excluding hydrogens is 419 g/mol. The fourth-order valence-corrected chi connectivity index (χ4v) is 4.21. The van der Waals surface area contributed by atoms with E-state index < -0.39 is 6.04 Å². The second-order valence-corrected chi connectivity index (χ2v) is 8.12. The van der Waals surface area contributed by atoms with Crippen molar-refractivity contribution in [1.82, 2.24) is 0 Å². The van der Waals surface area contributed by atoms with Gasteiger partial charge in [-0.2, -0.15) is 0 Å². The summed E-state index contributed by atoms with van der Waals surface area (Å²) in [6.07, 6.45) is 0. The first-order valence-electron chi connectivity index (χ1n) is 6.41. The van der Waals surface area contributed by atoms with Crippen molar-refractivity contribution in [1.29, 1.82) is 0 Å². The van der Waals surface area contributed by atoms with Crippen molar-refractivity contribution in [3.05, 3.63) is 48.9 Å². The zero-order valence-electron chi connectivity index (χ0n) is 11.4. The topological polar surface area (TPSA) is 41.5 Å². The zero-order chi connectivity index (χ0) is 15.1. The van der Waals surface area contributed by atoms with Gasteiger partial charge in [-0.15, -0.1) is 11.3 Å². The molecule has 0 bridgehead atoms. The van der Waals surface area contributed by atoms with Gasteiger partial charge in [0.1, 0.15) is 11.0 Å². The average Bonchev–Trinajstić information content (AvgIpc) is 2.64. The van der Waals surface area contributed by atoms with E-state index in [2.05, 4.69) is 39.8 Å².